The maximum absolute atomic E-state index is 13.5. The molecular weight excluding hydrogens is 446 g/mol. The molecule has 0 unspecified atom stereocenters. The zero-order valence-electron chi connectivity index (χ0n) is 18.9. The van der Waals surface area contributed by atoms with Crippen LogP contribution in [-0.2, 0) is 13.0 Å². The number of hydrogen-bond acceptors (Lipinski definition) is 3. The summed E-state index contributed by atoms with van der Waals surface area (Å²) in [4.78, 5) is 33.2. The first kappa shape index (κ1) is 22.4. The van der Waals surface area contributed by atoms with E-state index in [1.165, 1.54) is 5.56 Å². The second kappa shape index (κ2) is 9.82. The van der Waals surface area contributed by atoms with E-state index in [1.54, 1.807) is 29.0 Å². The topological polar surface area (TPSA) is 55.2 Å². The van der Waals surface area contributed by atoms with Gasteiger partial charge in [-0.3, -0.25) is 14.2 Å². The second-order valence-corrected chi connectivity index (χ2v) is 9.35. The largest absolute Gasteiger partial charge is 0.338 e. The monoisotopic (exact) mass is 471 g/mol. The van der Waals surface area contributed by atoms with Crippen LogP contribution in [0.3, 0.4) is 0 Å². The Kier molecular flexibility index (Phi) is 6.45. The summed E-state index contributed by atoms with van der Waals surface area (Å²) in [5.41, 5.74) is 2.72. The summed E-state index contributed by atoms with van der Waals surface area (Å²) < 4.78 is 1.59. The highest BCUT2D eigenvalue weighted by molar-refractivity contribution is 6.30. The molecule has 0 spiro atoms. The van der Waals surface area contributed by atoms with Crippen LogP contribution in [0.1, 0.15) is 34.3 Å². The number of halogens is 1. The molecule has 1 aliphatic heterocycles. The predicted octanol–water partition coefficient (Wildman–Crippen LogP) is 5.19. The zero-order valence-corrected chi connectivity index (χ0v) is 19.6. The third-order valence-electron chi connectivity index (χ3n) is 6.60. The Morgan fingerprint density at radius 2 is 1.68 bits per heavy atom. The molecule has 1 saturated heterocycles. The quantitative estimate of drug-likeness (QED) is 0.402. The summed E-state index contributed by atoms with van der Waals surface area (Å²) in [6.07, 6.45) is 4.57. The van der Waals surface area contributed by atoms with E-state index >= 15 is 0 Å². The Labute approximate surface area is 203 Å². The first-order chi connectivity index (χ1) is 16.6. The van der Waals surface area contributed by atoms with Gasteiger partial charge in [0.2, 0.25) is 0 Å². The summed E-state index contributed by atoms with van der Waals surface area (Å²) in [6, 6.07) is 23.3. The van der Waals surface area contributed by atoms with Gasteiger partial charge in [0.1, 0.15) is 11.2 Å². The minimum atomic E-state index is -0.308. The summed E-state index contributed by atoms with van der Waals surface area (Å²) in [6.45, 7) is 1.65. The molecule has 0 atom stereocenters. The molecular formula is C28H26ClN3O2. The van der Waals surface area contributed by atoms with E-state index < -0.39 is 0 Å². The number of pyridine rings is 2. The van der Waals surface area contributed by atoms with Gasteiger partial charge >= 0.3 is 0 Å². The summed E-state index contributed by atoms with van der Waals surface area (Å²) >= 11 is 6.02. The first-order valence-corrected chi connectivity index (χ1v) is 12.0. The van der Waals surface area contributed by atoms with Crippen LogP contribution in [0.4, 0.5) is 0 Å². The minimum Gasteiger partial charge on any atom is -0.338 e. The fraction of sp³-hybridized carbons (Fsp3) is 0.250. The van der Waals surface area contributed by atoms with Gasteiger partial charge in [0.25, 0.3) is 11.5 Å². The molecule has 4 aromatic rings. The van der Waals surface area contributed by atoms with E-state index in [1.807, 2.05) is 35.2 Å². The van der Waals surface area contributed by atoms with Gasteiger partial charge in [-0.15, -0.1) is 0 Å². The number of likely N-dealkylation sites (tertiary alicyclic amines) is 1. The van der Waals surface area contributed by atoms with E-state index in [0.717, 1.165) is 30.2 Å². The number of piperidine rings is 1. The van der Waals surface area contributed by atoms with Crippen LogP contribution in [-0.4, -0.2) is 33.4 Å². The highest BCUT2D eigenvalue weighted by Gasteiger charge is 2.26. The van der Waals surface area contributed by atoms with Crippen molar-refractivity contribution in [3.05, 3.63) is 111 Å². The Morgan fingerprint density at radius 3 is 2.41 bits per heavy atom. The van der Waals surface area contributed by atoms with Crippen LogP contribution in [0.25, 0.3) is 11.0 Å². The Hall–Kier alpha value is -3.44. The molecule has 2 aromatic heterocycles. The fourth-order valence-electron chi connectivity index (χ4n) is 4.74. The smallest absolute Gasteiger partial charge is 0.265 e. The van der Waals surface area contributed by atoms with Gasteiger partial charge in [0.05, 0.1) is 6.54 Å². The molecule has 0 N–H and O–H groups in total. The molecule has 0 aliphatic carbocycles. The molecule has 0 saturated carbocycles. The molecule has 5 rings (SSSR count). The average molecular weight is 472 g/mol. The van der Waals surface area contributed by atoms with Crippen LogP contribution in [0.15, 0.2) is 83.8 Å². The van der Waals surface area contributed by atoms with Crippen molar-refractivity contribution in [3.8, 4) is 0 Å². The number of carbonyl (C=O) groups is 1. The van der Waals surface area contributed by atoms with Crippen LogP contribution >= 0.6 is 11.6 Å². The number of hydrogen-bond donors (Lipinski definition) is 0. The van der Waals surface area contributed by atoms with E-state index in [4.69, 9.17) is 11.6 Å². The maximum Gasteiger partial charge on any atom is 0.265 e. The second-order valence-electron chi connectivity index (χ2n) is 8.92. The molecule has 172 valence electrons. The van der Waals surface area contributed by atoms with Gasteiger partial charge in [-0.2, -0.15) is 0 Å². The minimum absolute atomic E-state index is 0.196. The molecule has 0 bridgehead atoms. The molecule has 5 nitrogen and oxygen atoms in total. The number of fused-ring (bicyclic) bond motifs is 1. The van der Waals surface area contributed by atoms with Crippen molar-refractivity contribution in [2.24, 2.45) is 5.92 Å². The van der Waals surface area contributed by atoms with Gasteiger partial charge in [0, 0.05) is 29.7 Å². The van der Waals surface area contributed by atoms with Crippen molar-refractivity contribution in [1.29, 1.82) is 0 Å². The molecule has 2 aromatic carbocycles. The normalized spacial score (nSPS) is 14.4. The highest BCUT2D eigenvalue weighted by atomic mass is 35.5. The van der Waals surface area contributed by atoms with Crippen LogP contribution < -0.4 is 5.56 Å². The Balaban J connectivity index is 1.39. The van der Waals surface area contributed by atoms with Crippen LogP contribution in [0.5, 0.6) is 0 Å². The zero-order chi connectivity index (χ0) is 23.5. The van der Waals surface area contributed by atoms with E-state index in [-0.39, 0.29) is 17.0 Å². The van der Waals surface area contributed by atoms with Crippen molar-refractivity contribution < 1.29 is 4.79 Å². The van der Waals surface area contributed by atoms with E-state index in [9.17, 15) is 9.59 Å². The van der Waals surface area contributed by atoms with Gasteiger partial charge in [-0.25, -0.2) is 4.98 Å². The molecule has 0 radical (unpaired) electrons. The van der Waals surface area contributed by atoms with Crippen LogP contribution in [0.2, 0.25) is 5.02 Å². The number of nitrogens with zero attached hydrogens (tertiary/aromatic N) is 3. The standard InChI is InChI=1S/C28H26ClN3O2/c29-24-10-8-22(9-11-24)19-32-26-23(7-4-14-30-26)18-25(28(32)34)27(33)31-15-12-21(13-16-31)17-20-5-2-1-3-6-20/h1-11,14,18,21H,12-13,15-17,19H2. The van der Waals surface area contributed by atoms with Gasteiger partial charge < -0.3 is 4.90 Å². The van der Waals surface area contributed by atoms with Crippen molar-refractivity contribution in [2.45, 2.75) is 25.8 Å². The molecule has 1 fully saturated rings. The number of aromatic nitrogens is 2. The molecule has 6 heteroatoms. The number of rotatable bonds is 5. The number of carbonyl (C=O) groups excluding carboxylic acids is 1. The summed E-state index contributed by atoms with van der Waals surface area (Å²) in [5.74, 6) is 0.354. The van der Waals surface area contributed by atoms with Crippen molar-refractivity contribution in [3.63, 3.8) is 0 Å². The van der Waals surface area contributed by atoms with Gasteiger partial charge in [-0.05, 0) is 66.6 Å². The van der Waals surface area contributed by atoms with Gasteiger partial charge in [0.15, 0.2) is 0 Å². The average Bonchev–Trinajstić information content (AvgIpc) is 2.87. The SMILES string of the molecule is O=C(c1cc2cccnc2n(Cc2ccc(Cl)cc2)c1=O)N1CCC(Cc2ccccc2)CC1. The van der Waals surface area contributed by atoms with E-state index in [0.29, 0.717) is 36.2 Å². The summed E-state index contributed by atoms with van der Waals surface area (Å²) in [5, 5.41) is 1.41. The molecule has 1 amide bonds. The predicted molar refractivity (Wildman–Crippen MR) is 135 cm³/mol. The summed E-state index contributed by atoms with van der Waals surface area (Å²) in [7, 11) is 0. The number of amides is 1. The van der Waals surface area contributed by atoms with Gasteiger partial charge in [-0.1, -0.05) is 54.1 Å². The van der Waals surface area contributed by atoms with Crippen molar-refractivity contribution >= 4 is 28.5 Å². The van der Waals surface area contributed by atoms with Crippen LogP contribution in [0, 0.1) is 5.92 Å². The van der Waals surface area contributed by atoms with Crippen molar-refractivity contribution in [2.75, 3.05) is 13.1 Å². The van der Waals surface area contributed by atoms with E-state index in [2.05, 4.69) is 29.2 Å². The first-order valence-electron chi connectivity index (χ1n) is 11.6. The molecule has 1 aliphatic rings. The highest BCUT2D eigenvalue weighted by Crippen LogP contribution is 2.23. The lowest BCUT2D eigenvalue weighted by Gasteiger charge is -2.32. The Morgan fingerprint density at radius 1 is 0.941 bits per heavy atom. The lowest BCUT2D eigenvalue weighted by molar-refractivity contribution is 0.0688. The third-order valence-corrected chi connectivity index (χ3v) is 6.85. The lowest BCUT2D eigenvalue weighted by Crippen LogP contribution is -2.42. The maximum atomic E-state index is 13.5. The molecule has 3 heterocycles. The lowest BCUT2D eigenvalue weighted by atomic mass is 9.90. The van der Waals surface area contributed by atoms with Crippen molar-refractivity contribution in [1.82, 2.24) is 14.5 Å². The Bertz CT molecular complexity index is 1360. The fourth-order valence-corrected chi connectivity index (χ4v) is 4.86. The third kappa shape index (κ3) is 4.75. The molecule has 34 heavy (non-hydrogen) atoms. The number of benzene rings is 2.